The standard InChI is InChI=1S/C14H14N2O5S.C9H10N2O2.ClH/c1-2-21-14(20)6-4-3-5-7-8(6)9-11(17)15-10(13(18)19)16-12(9)22-7;10-4-6-1-2-8-7(3-6)11-9(12)5-13-8;/h6H,2-5H2,1H3,(H,18,19)(H,15,16,17);1-3H,4-5,10H2,(H,11,12);1H. The fraction of sp³-hybridized carbons (Fsp3) is 0.348. The predicted molar refractivity (Wildman–Crippen MR) is 135 cm³/mol. The number of benzene rings is 1. The summed E-state index contributed by atoms with van der Waals surface area (Å²) < 4.78 is 10.3. The molecular weight excluding hydrogens is 512 g/mol. The van der Waals surface area contributed by atoms with E-state index in [1.807, 2.05) is 18.2 Å². The van der Waals surface area contributed by atoms with Crippen LogP contribution in [0.3, 0.4) is 0 Å². The van der Waals surface area contributed by atoms with Crippen molar-refractivity contribution in [1.29, 1.82) is 0 Å². The van der Waals surface area contributed by atoms with Crippen molar-refractivity contribution in [3.8, 4) is 5.75 Å². The summed E-state index contributed by atoms with van der Waals surface area (Å²) in [6, 6.07) is 5.53. The molecule has 0 saturated heterocycles. The number of nitrogens with one attached hydrogen (secondary N) is 2. The van der Waals surface area contributed by atoms with Gasteiger partial charge in [-0.25, -0.2) is 9.78 Å². The molecule has 1 unspecified atom stereocenters. The first-order chi connectivity index (χ1) is 16.8. The first-order valence-corrected chi connectivity index (χ1v) is 11.8. The van der Waals surface area contributed by atoms with E-state index in [0.717, 1.165) is 23.3 Å². The number of carboxylic acid groups (broad SMARTS) is 1. The minimum Gasteiger partial charge on any atom is -0.482 e. The largest absolute Gasteiger partial charge is 0.482 e. The van der Waals surface area contributed by atoms with Crippen LogP contribution in [0.25, 0.3) is 10.2 Å². The Morgan fingerprint density at radius 1 is 1.33 bits per heavy atom. The maximum absolute atomic E-state index is 12.3. The second-order valence-electron chi connectivity index (χ2n) is 7.91. The lowest BCUT2D eigenvalue weighted by molar-refractivity contribution is -0.145. The molecule has 0 radical (unpaired) electrons. The molecule has 13 heteroatoms. The van der Waals surface area contributed by atoms with E-state index >= 15 is 0 Å². The third kappa shape index (κ3) is 5.50. The van der Waals surface area contributed by atoms with E-state index in [1.165, 1.54) is 11.3 Å². The van der Waals surface area contributed by atoms with E-state index in [9.17, 15) is 19.2 Å². The van der Waals surface area contributed by atoms with Gasteiger partial charge in [0.05, 0.1) is 23.6 Å². The maximum atomic E-state index is 12.3. The van der Waals surface area contributed by atoms with Gasteiger partial charge < -0.3 is 30.6 Å². The number of anilines is 1. The van der Waals surface area contributed by atoms with Crippen LogP contribution in [-0.4, -0.2) is 46.1 Å². The van der Waals surface area contributed by atoms with Crippen molar-refractivity contribution in [2.75, 3.05) is 18.5 Å². The average molecular weight is 537 g/mol. The second kappa shape index (κ2) is 11.5. The van der Waals surface area contributed by atoms with E-state index in [0.29, 0.717) is 40.2 Å². The Labute approximate surface area is 215 Å². The van der Waals surface area contributed by atoms with Gasteiger partial charge in [-0.2, -0.15) is 0 Å². The fourth-order valence-corrected chi connectivity index (χ4v) is 5.35. The van der Waals surface area contributed by atoms with Crippen LogP contribution < -0.4 is 21.3 Å². The molecule has 0 spiro atoms. The van der Waals surface area contributed by atoms with Gasteiger partial charge in [0.25, 0.3) is 11.5 Å². The van der Waals surface area contributed by atoms with Crippen LogP contribution in [0.15, 0.2) is 23.0 Å². The number of esters is 1. The third-order valence-electron chi connectivity index (χ3n) is 5.61. The van der Waals surface area contributed by atoms with Crippen LogP contribution in [0.2, 0.25) is 0 Å². The molecular formula is C23H25ClN4O7S. The number of aromatic amines is 1. The van der Waals surface area contributed by atoms with Crippen LogP contribution in [-0.2, 0) is 27.3 Å². The minimum absolute atomic E-state index is 0. The number of halogens is 1. The number of carbonyl (C=O) groups excluding carboxylic acids is 2. The van der Waals surface area contributed by atoms with Gasteiger partial charge in [-0.05, 0) is 49.4 Å². The minimum atomic E-state index is -1.28. The van der Waals surface area contributed by atoms with Crippen molar-refractivity contribution in [2.24, 2.45) is 5.73 Å². The molecule has 5 rings (SSSR count). The van der Waals surface area contributed by atoms with E-state index in [4.69, 9.17) is 20.3 Å². The summed E-state index contributed by atoms with van der Waals surface area (Å²) in [7, 11) is 0. The Morgan fingerprint density at radius 2 is 2.11 bits per heavy atom. The molecule has 11 nitrogen and oxygen atoms in total. The van der Waals surface area contributed by atoms with Gasteiger partial charge >= 0.3 is 11.9 Å². The molecule has 3 heterocycles. The topological polar surface area (TPSA) is 174 Å². The normalized spacial score (nSPS) is 15.7. The third-order valence-corrected chi connectivity index (χ3v) is 6.77. The number of carboxylic acids is 1. The molecule has 36 heavy (non-hydrogen) atoms. The summed E-state index contributed by atoms with van der Waals surface area (Å²) in [5.41, 5.74) is 7.29. The molecule has 1 aliphatic heterocycles. The Hall–Kier alpha value is -3.48. The zero-order valence-corrected chi connectivity index (χ0v) is 20.9. The number of hydrogen-bond donors (Lipinski definition) is 4. The van der Waals surface area contributed by atoms with Crippen molar-refractivity contribution < 1.29 is 29.0 Å². The number of H-pyrrole nitrogens is 1. The van der Waals surface area contributed by atoms with E-state index in [1.54, 1.807) is 6.92 Å². The summed E-state index contributed by atoms with van der Waals surface area (Å²) in [6.07, 6.45) is 2.21. The van der Waals surface area contributed by atoms with Crippen LogP contribution in [0.4, 0.5) is 5.69 Å². The van der Waals surface area contributed by atoms with Gasteiger partial charge in [0, 0.05) is 11.4 Å². The Balaban J connectivity index is 0.000000221. The molecule has 1 aliphatic carbocycles. The number of thiophene rings is 1. The summed E-state index contributed by atoms with van der Waals surface area (Å²) in [5, 5.41) is 12.0. The van der Waals surface area contributed by atoms with Gasteiger partial charge in [-0.3, -0.25) is 14.4 Å². The molecule has 1 aromatic carbocycles. The molecule has 1 atom stereocenters. The van der Waals surface area contributed by atoms with Gasteiger partial charge in [0.15, 0.2) is 6.61 Å². The average Bonchev–Trinajstić information content (AvgIpc) is 3.23. The fourth-order valence-electron chi connectivity index (χ4n) is 4.08. The van der Waals surface area contributed by atoms with E-state index in [-0.39, 0.29) is 43.3 Å². The van der Waals surface area contributed by atoms with E-state index < -0.39 is 17.4 Å². The van der Waals surface area contributed by atoms with Gasteiger partial charge in [0.2, 0.25) is 5.82 Å². The highest BCUT2D eigenvalue weighted by atomic mass is 35.5. The van der Waals surface area contributed by atoms with Crippen LogP contribution in [0.5, 0.6) is 5.75 Å². The molecule has 3 aromatic rings. The number of hydrogen-bond acceptors (Lipinski definition) is 9. The highest BCUT2D eigenvalue weighted by Crippen LogP contribution is 2.41. The number of aromatic carboxylic acids is 1. The SMILES string of the molecule is CCOC(=O)C1CCCc2sc3nc(C(=O)O)[nH]c(=O)c3c21.Cl.NCc1ccc2c(c1)NC(=O)CO2. The first kappa shape index (κ1) is 27.1. The zero-order chi connectivity index (χ0) is 25.1. The molecule has 0 fully saturated rings. The van der Waals surface area contributed by atoms with Crippen LogP contribution >= 0.6 is 23.7 Å². The molecule has 2 aromatic heterocycles. The van der Waals surface area contributed by atoms with Crippen LogP contribution in [0, 0.1) is 0 Å². The molecule has 2 aliphatic rings. The second-order valence-corrected chi connectivity index (χ2v) is 8.99. The summed E-state index contributed by atoms with van der Waals surface area (Å²) in [4.78, 5) is 53.9. The van der Waals surface area contributed by atoms with E-state index in [2.05, 4.69) is 15.3 Å². The van der Waals surface area contributed by atoms with Crippen LogP contribution in [0.1, 0.15) is 52.3 Å². The maximum Gasteiger partial charge on any atom is 0.372 e. The molecule has 192 valence electrons. The van der Waals surface area contributed by atoms with Crippen molar-refractivity contribution in [2.45, 2.75) is 38.6 Å². The quantitative estimate of drug-likeness (QED) is 0.365. The first-order valence-electron chi connectivity index (χ1n) is 11.0. The summed E-state index contributed by atoms with van der Waals surface area (Å²) in [6.45, 7) is 2.57. The number of aryl methyl sites for hydroxylation is 1. The summed E-state index contributed by atoms with van der Waals surface area (Å²) >= 11 is 1.28. The van der Waals surface area contributed by atoms with Crippen molar-refractivity contribution >= 4 is 57.5 Å². The zero-order valence-electron chi connectivity index (χ0n) is 19.3. The lowest BCUT2D eigenvalue weighted by atomic mass is 9.86. The lowest BCUT2D eigenvalue weighted by Gasteiger charge is -2.20. The number of ether oxygens (including phenoxy) is 2. The monoisotopic (exact) mass is 536 g/mol. The van der Waals surface area contributed by atoms with Crippen molar-refractivity contribution in [1.82, 2.24) is 9.97 Å². The number of carbonyl (C=O) groups is 3. The number of amides is 1. The number of rotatable bonds is 4. The number of nitrogens with zero attached hydrogens (tertiary/aromatic N) is 1. The Kier molecular flexibility index (Phi) is 8.66. The molecule has 5 N–H and O–H groups in total. The smallest absolute Gasteiger partial charge is 0.372 e. The van der Waals surface area contributed by atoms with Crippen molar-refractivity contribution in [3.63, 3.8) is 0 Å². The van der Waals surface area contributed by atoms with Gasteiger partial charge in [0.1, 0.15) is 10.6 Å². The molecule has 1 amide bonds. The van der Waals surface area contributed by atoms with Gasteiger partial charge in [-0.1, -0.05) is 6.07 Å². The number of nitrogens with two attached hydrogens (primary N) is 1. The number of fused-ring (bicyclic) bond motifs is 4. The summed E-state index contributed by atoms with van der Waals surface area (Å²) in [5.74, 6) is -1.91. The van der Waals surface area contributed by atoms with Gasteiger partial charge in [-0.15, -0.1) is 23.7 Å². The Morgan fingerprint density at radius 3 is 2.81 bits per heavy atom. The predicted octanol–water partition coefficient (Wildman–Crippen LogP) is 2.56. The van der Waals surface area contributed by atoms with Crippen molar-refractivity contribution in [3.05, 3.63) is 50.4 Å². The highest BCUT2D eigenvalue weighted by molar-refractivity contribution is 7.18. The molecule has 0 bridgehead atoms. The lowest BCUT2D eigenvalue weighted by Crippen LogP contribution is -2.25. The Bertz CT molecular complexity index is 1370. The highest BCUT2D eigenvalue weighted by Gasteiger charge is 2.33. The molecule has 0 saturated carbocycles. The number of aromatic nitrogens is 2.